The average molecular weight is 429 g/mol. The van der Waals surface area contributed by atoms with Gasteiger partial charge in [-0.25, -0.2) is 18.1 Å². The molecule has 0 fully saturated rings. The molecule has 3 N–H and O–H groups in total. The van der Waals surface area contributed by atoms with E-state index in [0.717, 1.165) is 0 Å². The van der Waals surface area contributed by atoms with Crippen LogP contribution < -0.4 is 11.1 Å². The Hall–Kier alpha value is -3.43. The van der Waals surface area contributed by atoms with Crippen LogP contribution in [0.4, 0.5) is 17.5 Å². The van der Waals surface area contributed by atoms with Crippen LogP contribution in [0.15, 0.2) is 89.0 Å². The van der Waals surface area contributed by atoms with Gasteiger partial charge in [-0.2, -0.15) is 10.1 Å². The molecule has 29 heavy (non-hydrogen) atoms. The molecule has 0 unspecified atom stereocenters. The minimum Gasteiger partial charge on any atom is -0.368 e. The first-order chi connectivity index (χ1) is 13.5. The van der Waals surface area contributed by atoms with Gasteiger partial charge in [0.1, 0.15) is 5.82 Å². The van der Waals surface area contributed by atoms with Gasteiger partial charge >= 0.3 is 0 Å². The Bertz CT molecular complexity index is 1210. The molecule has 4 aromatic rings. The molecule has 4 rings (SSSR count). The first-order valence-electron chi connectivity index (χ1n) is 8.34. The largest absolute Gasteiger partial charge is 0.368 e. The third-order valence-electron chi connectivity index (χ3n) is 4.00. The number of hydrogen-bond acceptors (Lipinski definition) is 7. The molecule has 2 aromatic carbocycles. The predicted octanol–water partition coefficient (Wildman–Crippen LogP) is 3.24. The van der Waals surface area contributed by atoms with Crippen molar-refractivity contribution >= 4 is 39.7 Å². The van der Waals surface area contributed by atoms with Crippen molar-refractivity contribution in [3.8, 4) is 5.69 Å². The first kappa shape index (κ1) is 20.3. The number of nitrogens with two attached hydrogens (primary N) is 1. The number of rotatable bonds is 5. The molecule has 0 spiro atoms. The number of nitrogens with one attached hydrogen (secondary N) is 1. The van der Waals surface area contributed by atoms with E-state index >= 15 is 0 Å². The summed E-state index contributed by atoms with van der Waals surface area (Å²) in [6.07, 6.45) is 3.00. The highest BCUT2D eigenvalue weighted by molar-refractivity contribution is 7.91. The van der Waals surface area contributed by atoms with E-state index in [2.05, 4.69) is 20.4 Å². The lowest BCUT2D eigenvalue weighted by Crippen LogP contribution is -2.10. The van der Waals surface area contributed by atoms with Crippen molar-refractivity contribution in [3.63, 3.8) is 0 Å². The lowest BCUT2D eigenvalue weighted by molar-refractivity contribution is 0.586. The van der Waals surface area contributed by atoms with E-state index in [4.69, 9.17) is 5.73 Å². The first-order valence-corrected chi connectivity index (χ1v) is 9.82. The highest BCUT2D eigenvalue weighted by atomic mass is 35.5. The molecule has 0 aliphatic carbocycles. The molecule has 2 aromatic heterocycles. The zero-order valence-electron chi connectivity index (χ0n) is 15.0. The number of nitrogen functional groups attached to an aromatic ring is 1. The summed E-state index contributed by atoms with van der Waals surface area (Å²) in [5, 5.41) is 7.31. The fourth-order valence-corrected chi connectivity index (χ4v) is 4.04. The monoisotopic (exact) mass is 428 g/mol. The molecular weight excluding hydrogens is 412 g/mol. The molecule has 0 bridgehead atoms. The van der Waals surface area contributed by atoms with Crippen molar-refractivity contribution in [2.75, 3.05) is 11.1 Å². The van der Waals surface area contributed by atoms with E-state index < -0.39 is 9.84 Å². The van der Waals surface area contributed by atoms with E-state index in [1.807, 2.05) is 18.2 Å². The maximum Gasteiger partial charge on any atom is 0.223 e. The highest BCUT2D eigenvalue weighted by Crippen LogP contribution is 2.25. The molecule has 0 aliphatic rings. The van der Waals surface area contributed by atoms with Crippen LogP contribution >= 0.6 is 12.4 Å². The van der Waals surface area contributed by atoms with Crippen molar-refractivity contribution in [1.82, 2.24) is 19.7 Å². The van der Waals surface area contributed by atoms with Gasteiger partial charge in [0.05, 0.1) is 16.8 Å². The summed E-state index contributed by atoms with van der Waals surface area (Å²) in [5.74, 6) is 0.670. The maximum absolute atomic E-state index is 13.1. The van der Waals surface area contributed by atoms with E-state index in [-0.39, 0.29) is 28.3 Å². The minimum atomic E-state index is -3.74. The summed E-state index contributed by atoms with van der Waals surface area (Å²) in [7, 11) is -3.74. The smallest absolute Gasteiger partial charge is 0.223 e. The highest BCUT2D eigenvalue weighted by Gasteiger charge is 2.23. The predicted molar refractivity (Wildman–Crippen MR) is 112 cm³/mol. The molecule has 2 heterocycles. The van der Waals surface area contributed by atoms with Crippen molar-refractivity contribution in [1.29, 1.82) is 0 Å². The summed E-state index contributed by atoms with van der Waals surface area (Å²) in [5.41, 5.74) is 6.91. The topological polar surface area (TPSA) is 116 Å². The molecule has 0 amide bonds. The van der Waals surface area contributed by atoms with Gasteiger partial charge in [0.25, 0.3) is 0 Å². The SMILES string of the molecule is Cl.Nc1nccc(Nc2ccc(S(=O)(=O)c3ccnn3-c3ccccc3)cc2)n1. The zero-order valence-corrected chi connectivity index (χ0v) is 16.6. The molecule has 0 atom stereocenters. The number of anilines is 3. The summed E-state index contributed by atoms with van der Waals surface area (Å²) in [4.78, 5) is 8.04. The third-order valence-corrected chi connectivity index (χ3v) is 5.75. The van der Waals surface area contributed by atoms with Gasteiger partial charge in [0, 0.05) is 11.9 Å². The van der Waals surface area contributed by atoms with Gasteiger partial charge < -0.3 is 11.1 Å². The van der Waals surface area contributed by atoms with Crippen LogP contribution in [0.2, 0.25) is 0 Å². The second kappa shape index (κ2) is 8.29. The maximum atomic E-state index is 13.1. The van der Waals surface area contributed by atoms with Gasteiger partial charge in [-0.1, -0.05) is 18.2 Å². The molecule has 0 aliphatic heterocycles. The Balaban J connectivity index is 0.00000240. The molecule has 0 saturated heterocycles. The lowest BCUT2D eigenvalue weighted by atomic mass is 10.3. The Labute approximate surface area is 173 Å². The Kier molecular flexibility index (Phi) is 5.81. The van der Waals surface area contributed by atoms with Crippen LogP contribution in [0.1, 0.15) is 0 Å². The second-order valence-corrected chi connectivity index (χ2v) is 7.77. The van der Waals surface area contributed by atoms with Crippen LogP contribution in [0, 0.1) is 0 Å². The second-order valence-electron chi connectivity index (χ2n) is 5.87. The quantitative estimate of drug-likeness (QED) is 0.501. The fourth-order valence-electron chi connectivity index (χ4n) is 2.69. The van der Waals surface area contributed by atoms with Crippen molar-refractivity contribution in [3.05, 3.63) is 79.1 Å². The van der Waals surface area contributed by atoms with Crippen LogP contribution in [0.3, 0.4) is 0 Å². The molecular formula is C19H17ClN6O2S. The van der Waals surface area contributed by atoms with Crippen molar-refractivity contribution in [2.45, 2.75) is 9.92 Å². The Morgan fingerprint density at radius 1 is 0.897 bits per heavy atom. The van der Waals surface area contributed by atoms with Gasteiger partial charge in [-0.05, 0) is 48.5 Å². The number of hydrogen-bond donors (Lipinski definition) is 2. The number of halogens is 1. The van der Waals surface area contributed by atoms with Crippen LogP contribution in [0.5, 0.6) is 0 Å². The fraction of sp³-hybridized carbons (Fsp3) is 0. The van der Waals surface area contributed by atoms with Crippen molar-refractivity contribution in [2.24, 2.45) is 0 Å². The van der Waals surface area contributed by atoms with Gasteiger partial charge in [0.2, 0.25) is 15.8 Å². The van der Waals surface area contributed by atoms with Crippen molar-refractivity contribution < 1.29 is 8.42 Å². The molecule has 0 radical (unpaired) electrons. The third kappa shape index (κ3) is 4.20. The van der Waals surface area contributed by atoms with E-state index in [1.165, 1.54) is 35.3 Å². The summed E-state index contributed by atoms with van der Waals surface area (Å²) in [6, 6.07) is 18.6. The van der Waals surface area contributed by atoms with E-state index in [0.29, 0.717) is 17.2 Å². The molecule has 8 nitrogen and oxygen atoms in total. The number of aromatic nitrogens is 4. The Morgan fingerprint density at radius 2 is 1.62 bits per heavy atom. The van der Waals surface area contributed by atoms with Gasteiger partial charge in [-0.3, -0.25) is 0 Å². The van der Waals surface area contributed by atoms with Crippen LogP contribution in [-0.2, 0) is 9.84 Å². The Morgan fingerprint density at radius 3 is 2.31 bits per heavy atom. The minimum absolute atomic E-state index is 0. The van der Waals surface area contributed by atoms with Gasteiger partial charge in [0.15, 0.2) is 5.03 Å². The van der Waals surface area contributed by atoms with Crippen LogP contribution in [0.25, 0.3) is 5.69 Å². The standard InChI is InChI=1S/C19H16N6O2S.ClH/c20-19-21-12-10-17(24-19)23-14-6-8-16(9-7-14)28(26,27)18-11-13-22-25(18)15-4-2-1-3-5-15;/h1-13H,(H3,20,21,23,24);1H. The summed E-state index contributed by atoms with van der Waals surface area (Å²) >= 11 is 0. The molecule has 0 saturated carbocycles. The van der Waals surface area contributed by atoms with E-state index in [9.17, 15) is 8.42 Å². The zero-order chi connectivity index (χ0) is 19.6. The van der Waals surface area contributed by atoms with E-state index in [1.54, 1.807) is 30.3 Å². The number of benzene rings is 2. The molecule has 148 valence electrons. The average Bonchev–Trinajstić information content (AvgIpc) is 3.20. The lowest BCUT2D eigenvalue weighted by Gasteiger charge is -2.10. The molecule has 10 heteroatoms. The number of para-hydroxylation sites is 1. The summed E-state index contributed by atoms with van der Waals surface area (Å²) in [6.45, 7) is 0. The van der Waals surface area contributed by atoms with Gasteiger partial charge in [-0.15, -0.1) is 12.4 Å². The normalized spacial score (nSPS) is 10.9. The van der Waals surface area contributed by atoms with Crippen LogP contribution in [-0.4, -0.2) is 28.2 Å². The number of sulfone groups is 1. The number of nitrogens with zero attached hydrogens (tertiary/aromatic N) is 4. The summed E-state index contributed by atoms with van der Waals surface area (Å²) < 4.78 is 27.6.